The van der Waals surface area contributed by atoms with Crippen LogP contribution in [0.3, 0.4) is 0 Å². The fraction of sp³-hybridized carbons (Fsp3) is 0.0492. The Bertz CT molecular complexity index is 3810. The number of hydrogen-bond donors (Lipinski definition) is 0. The molecule has 0 saturated heterocycles. The molecule has 1 aliphatic rings. The molecule has 63 heavy (non-hydrogen) atoms. The third-order valence-corrected chi connectivity index (χ3v) is 13.9. The number of anilines is 3. The smallest absolute Gasteiger partial charge is 0.0542 e. The summed E-state index contributed by atoms with van der Waals surface area (Å²) in [7, 11) is 0. The fourth-order valence-electron chi connectivity index (χ4n) is 10.9. The largest absolute Gasteiger partial charge is 0.310 e. The van der Waals surface area contributed by atoms with Crippen LogP contribution in [0.4, 0.5) is 17.1 Å². The molecular formula is C61H42N2. The topological polar surface area (TPSA) is 8.17 Å². The van der Waals surface area contributed by atoms with E-state index in [0.29, 0.717) is 0 Å². The van der Waals surface area contributed by atoms with Crippen molar-refractivity contribution in [3.8, 4) is 27.9 Å². The Morgan fingerprint density at radius 3 is 1.75 bits per heavy atom. The first-order valence-corrected chi connectivity index (χ1v) is 22.0. The summed E-state index contributed by atoms with van der Waals surface area (Å²) < 4.78 is 2.38. The average molecular weight is 803 g/mol. The van der Waals surface area contributed by atoms with E-state index in [-0.39, 0.29) is 5.41 Å². The van der Waals surface area contributed by atoms with Crippen LogP contribution in [0.2, 0.25) is 0 Å². The van der Waals surface area contributed by atoms with Crippen LogP contribution in [0.1, 0.15) is 25.0 Å². The molecule has 0 atom stereocenters. The Morgan fingerprint density at radius 1 is 0.349 bits per heavy atom. The zero-order chi connectivity index (χ0) is 41.8. The molecule has 0 saturated carbocycles. The Kier molecular flexibility index (Phi) is 7.68. The fourth-order valence-corrected chi connectivity index (χ4v) is 10.9. The summed E-state index contributed by atoms with van der Waals surface area (Å²) in [5.41, 5.74) is 14.6. The van der Waals surface area contributed by atoms with Gasteiger partial charge in [-0.25, -0.2) is 0 Å². The minimum absolute atomic E-state index is 0.224. The molecule has 0 unspecified atom stereocenters. The van der Waals surface area contributed by atoms with Crippen molar-refractivity contribution in [1.29, 1.82) is 0 Å². The van der Waals surface area contributed by atoms with E-state index in [0.717, 1.165) is 22.7 Å². The molecule has 2 heteroatoms. The maximum atomic E-state index is 2.47. The quantitative estimate of drug-likeness (QED) is 0.157. The molecule has 0 amide bonds. The lowest BCUT2D eigenvalue weighted by Gasteiger charge is -2.28. The normalized spacial score (nSPS) is 13.0. The Morgan fingerprint density at radius 2 is 0.937 bits per heavy atom. The van der Waals surface area contributed by atoms with Gasteiger partial charge < -0.3 is 9.47 Å². The molecule has 12 aromatic rings. The Labute approximate surface area is 366 Å². The number of nitrogens with zero attached hydrogens (tertiary/aromatic N) is 2. The van der Waals surface area contributed by atoms with Crippen LogP contribution in [0, 0.1) is 0 Å². The van der Waals surface area contributed by atoms with Crippen molar-refractivity contribution in [3.05, 3.63) is 230 Å². The number of para-hydroxylation sites is 3. The van der Waals surface area contributed by atoms with Crippen molar-refractivity contribution < 1.29 is 0 Å². The van der Waals surface area contributed by atoms with Crippen molar-refractivity contribution in [1.82, 2.24) is 4.57 Å². The highest BCUT2D eigenvalue weighted by Gasteiger charge is 2.36. The minimum atomic E-state index is -0.224. The van der Waals surface area contributed by atoms with E-state index in [9.17, 15) is 0 Å². The first kappa shape index (κ1) is 35.8. The van der Waals surface area contributed by atoms with Crippen molar-refractivity contribution in [2.45, 2.75) is 19.3 Å². The summed E-state index contributed by atoms with van der Waals surface area (Å²) in [6.07, 6.45) is 0. The molecule has 1 aromatic heterocycles. The molecule has 0 N–H and O–H groups in total. The van der Waals surface area contributed by atoms with Crippen LogP contribution in [0.5, 0.6) is 0 Å². The van der Waals surface area contributed by atoms with E-state index in [2.05, 4.69) is 242 Å². The number of aromatic nitrogens is 1. The summed E-state index contributed by atoms with van der Waals surface area (Å²) in [5, 5.41) is 12.8. The molecule has 0 bridgehead atoms. The highest BCUT2D eigenvalue weighted by molar-refractivity contribution is 6.28. The van der Waals surface area contributed by atoms with Gasteiger partial charge in [-0.05, 0) is 143 Å². The second-order valence-electron chi connectivity index (χ2n) is 17.7. The monoisotopic (exact) mass is 802 g/mol. The summed E-state index contributed by atoms with van der Waals surface area (Å²) >= 11 is 0. The molecule has 0 aliphatic heterocycles. The maximum absolute atomic E-state index is 2.47. The summed E-state index contributed by atoms with van der Waals surface area (Å²) in [4.78, 5) is 2.42. The SMILES string of the molecule is CC1(C)c2cc(-c3cccc4c3ccc3ccc5ccc6ccccc6c5c34)ccc2-c2ccc(N(c3ccccc3)c3ccc4c(c3)c3ccccc3n4-c3ccccc3)cc21. The molecule has 13 rings (SSSR count). The van der Waals surface area contributed by atoms with Gasteiger partial charge in [0.15, 0.2) is 0 Å². The van der Waals surface area contributed by atoms with Gasteiger partial charge in [-0.2, -0.15) is 0 Å². The van der Waals surface area contributed by atoms with E-state index in [1.54, 1.807) is 0 Å². The van der Waals surface area contributed by atoms with E-state index in [1.807, 2.05) is 0 Å². The molecule has 0 spiro atoms. The van der Waals surface area contributed by atoms with Gasteiger partial charge in [-0.1, -0.05) is 166 Å². The van der Waals surface area contributed by atoms with E-state index < -0.39 is 0 Å². The molecule has 0 radical (unpaired) electrons. The van der Waals surface area contributed by atoms with Crippen LogP contribution in [-0.2, 0) is 5.41 Å². The first-order chi connectivity index (χ1) is 31.0. The third-order valence-electron chi connectivity index (χ3n) is 13.9. The van der Waals surface area contributed by atoms with Gasteiger partial charge in [-0.3, -0.25) is 0 Å². The van der Waals surface area contributed by atoms with Gasteiger partial charge in [0.05, 0.1) is 11.0 Å². The van der Waals surface area contributed by atoms with Gasteiger partial charge in [0, 0.05) is 38.9 Å². The molecule has 1 aliphatic carbocycles. The molecular weight excluding hydrogens is 761 g/mol. The highest BCUT2D eigenvalue weighted by Crippen LogP contribution is 2.52. The lowest BCUT2D eigenvalue weighted by molar-refractivity contribution is 0.660. The number of fused-ring (bicyclic) bond motifs is 13. The third kappa shape index (κ3) is 5.31. The molecule has 296 valence electrons. The average Bonchev–Trinajstić information content (AvgIpc) is 3.78. The predicted molar refractivity (Wildman–Crippen MR) is 268 cm³/mol. The second-order valence-corrected chi connectivity index (χ2v) is 17.7. The number of benzene rings is 11. The zero-order valence-electron chi connectivity index (χ0n) is 35.2. The maximum Gasteiger partial charge on any atom is 0.0542 e. The van der Waals surface area contributed by atoms with E-state index >= 15 is 0 Å². The van der Waals surface area contributed by atoms with Crippen molar-refractivity contribution >= 4 is 82.0 Å². The Balaban J connectivity index is 0.938. The standard InChI is InChI=1S/C61H42N2/c1-61(2)55-36-42(47-21-13-22-53-49(47)32-28-41-27-26-40-25-24-39-14-9-10-19-48(39)59(40)60(41)53)29-33-50(55)51-34-30-46(38-56(51)61)62(43-15-5-3-6-16-43)45-31-35-58-54(37-45)52-20-11-12-23-57(52)63(58)44-17-7-4-8-18-44/h3-38H,1-2H3. The van der Waals surface area contributed by atoms with E-state index in [1.165, 1.54) is 98.3 Å². The van der Waals surface area contributed by atoms with Crippen LogP contribution < -0.4 is 4.90 Å². The summed E-state index contributed by atoms with van der Waals surface area (Å²) in [5.74, 6) is 0. The van der Waals surface area contributed by atoms with Crippen LogP contribution in [-0.4, -0.2) is 4.57 Å². The predicted octanol–water partition coefficient (Wildman–Crippen LogP) is 16.8. The van der Waals surface area contributed by atoms with Crippen molar-refractivity contribution in [2.75, 3.05) is 4.90 Å². The molecule has 11 aromatic carbocycles. The van der Waals surface area contributed by atoms with Gasteiger partial charge in [0.25, 0.3) is 0 Å². The van der Waals surface area contributed by atoms with Crippen molar-refractivity contribution in [3.63, 3.8) is 0 Å². The van der Waals surface area contributed by atoms with Crippen molar-refractivity contribution in [2.24, 2.45) is 0 Å². The van der Waals surface area contributed by atoms with Gasteiger partial charge in [0.2, 0.25) is 0 Å². The molecule has 0 fully saturated rings. The highest BCUT2D eigenvalue weighted by atomic mass is 15.1. The Hall–Kier alpha value is -7.94. The van der Waals surface area contributed by atoms with Crippen LogP contribution in [0.15, 0.2) is 218 Å². The molecule has 1 heterocycles. The van der Waals surface area contributed by atoms with Gasteiger partial charge >= 0.3 is 0 Å². The number of rotatable bonds is 5. The summed E-state index contributed by atoms with van der Waals surface area (Å²) in [6.45, 7) is 4.80. The lowest BCUT2D eigenvalue weighted by atomic mass is 9.81. The van der Waals surface area contributed by atoms with Crippen LogP contribution in [0.25, 0.3) is 92.8 Å². The van der Waals surface area contributed by atoms with Crippen LogP contribution >= 0.6 is 0 Å². The van der Waals surface area contributed by atoms with Gasteiger partial charge in [0.1, 0.15) is 0 Å². The minimum Gasteiger partial charge on any atom is -0.310 e. The first-order valence-electron chi connectivity index (χ1n) is 22.0. The van der Waals surface area contributed by atoms with Gasteiger partial charge in [-0.15, -0.1) is 0 Å². The molecule has 2 nitrogen and oxygen atoms in total. The number of hydrogen-bond acceptors (Lipinski definition) is 1. The zero-order valence-corrected chi connectivity index (χ0v) is 35.2. The summed E-state index contributed by atoms with van der Waals surface area (Å²) in [6, 6.07) is 80.9. The van der Waals surface area contributed by atoms with E-state index in [4.69, 9.17) is 0 Å². The second kappa shape index (κ2) is 13.5. The lowest BCUT2D eigenvalue weighted by Crippen LogP contribution is -2.16.